The SMILES string of the molecule is CC1CSCCN1c1ncc(Br)cc1C(=O)O. The molecule has 1 saturated heterocycles. The van der Waals surface area contributed by atoms with Crippen LogP contribution in [0.25, 0.3) is 0 Å². The van der Waals surface area contributed by atoms with Crippen molar-refractivity contribution < 1.29 is 9.90 Å². The van der Waals surface area contributed by atoms with Crippen molar-refractivity contribution in [2.45, 2.75) is 13.0 Å². The molecule has 2 heterocycles. The van der Waals surface area contributed by atoms with Crippen molar-refractivity contribution in [1.29, 1.82) is 0 Å². The fourth-order valence-electron chi connectivity index (χ4n) is 1.86. The molecule has 0 aliphatic carbocycles. The zero-order chi connectivity index (χ0) is 12.4. The summed E-state index contributed by atoms with van der Waals surface area (Å²) in [5.74, 6) is 1.67. The Morgan fingerprint density at radius 1 is 1.71 bits per heavy atom. The second kappa shape index (κ2) is 5.27. The summed E-state index contributed by atoms with van der Waals surface area (Å²) in [6.07, 6.45) is 1.65. The molecule has 1 N–H and O–H groups in total. The number of pyridine rings is 1. The van der Waals surface area contributed by atoms with Crippen LogP contribution in [0.5, 0.6) is 0 Å². The van der Waals surface area contributed by atoms with Crippen molar-refractivity contribution in [3.05, 3.63) is 22.3 Å². The highest BCUT2D eigenvalue weighted by Gasteiger charge is 2.24. The molecule has 6 heteroatoms. The van der Waals surface area contributed by atoms with Gasteiger partial charge in [0.05, 0.1) is 0 Å². The van der Waals surface area contributed by atoms with Crippen molar-refractivity contribution >= 4 is 39.5 Å². The van der Waals surface area contributed by atoms with Gasteiger partial charge in [-0.25, -0.2) is 9.78 Å². The van der Waals surface area contributed by atoms with Crippen LogP contribution in [-0.4, -0.2) is 40.2 Å². The molecule has 17 heavy (non-hydrogen) atoms. The first-order valence-corrected chi connectivity index (χ1v) is 7.27. The fourth-order valence-corrected chi connectivity index (χ4v) is 3.20. The Hall–Kier alpha value is -0.750. The van der Waals surface area contributed by atoms with E-state index in [-0.39, 0.29) is 5.56 Å². The first-order valence-electron chi connectivity index (χ1n) is 5.33. The molecule has 4 nitrogen and oxygen atoms in total. The lowest BCUT2D eigenvalue weighted by Gasteiger charge is -2.34. The minimum Gasteiger partial charge on any atom is -0.478 e. The molecule has 0 spiro atoms. The molecular weight excluding hydrogens is 304 g/mol. The normalized spacial score (nSPS) is 20.4. The van der Waals surface area contributed by atoms with Crippen LogP contribution < -0.4 is 4.90 Å². The third-order valence-corrected chi connectivity index (χ3v) is 4.33. The minimum atomic E-state index is -0.931. The monoisotopic (exact) mass is 316 g/mol. The molecule has 1 aliphatic rings. The molecule has 1 aliphatic heterocycles. The van der Waals surface area contributed by atoms with Crippen molar-refractivity contribution in [2.75, 3.05) is 23.0 Å². The number of aromatic carboxylic acids is 1. The number of hydrogen-bond acceptors (Lipinski definition) is 4. The molecule has 1 aromatic rings. The summed E-state index contributed by atoms with van der Waals surface area (Å²) in [7, 11) is 0. The van der Waals surface area contributed by atoms with E-state index in [0.29, 0.717) is 16.3 Å². The second-order valence-electron chi connectivity index (χ2n) is 3.95. The summed E-state index contributed by atoms with van der Waals surface area (Å²) in [6.45, 7) is 2.95. The van der Waals surface area contributed by atoms with Gasteiger partial charge in [-0.1, -0.05) is 0 Å². The molecule has 2 rings (SSSR count). The van der Waals surface area contributed by atoms with Gasteiger partial charge in [0.15, 0.2) is 0 Å². The first kappa shape index (κ1) is 12.7. The zero-order valence-electron chi connectivity index (χ0n) is 9.39. The maximum Gasteiger partial charge on any atom is 0.339 e. The Morgan fingerprint density at radius 2 is 2.47 bits per heavy atom. The van der Waals surface area contributed by atoms with Crippen LogP contribution in [0.4, 0.5) is 5.82 Å². The third-order valence-electron chi connectivity index (χ3n) is 2.70. The zero-order valence-corrected chi connectivity index (χ0v) is 11.8. The number of thioether (sulfide) groups is 1. The molecule has 0 saturated carbocycles. The van der Waals surface area contributed by atoms with Gasteiger partial charge in [0, 0.05) is 34.8 Å². The Kier molecular flexibility index (Phi) is 3.93. The lowest BCUT2D eigenvalue weighted by atomic mass is 10.2. The maximum absolute atomic E-state index is 11.2. The lowest BCUT2D eigenvalue weighted by molar-refractivity contribution is 0.0697. The molecule has 0 bridgehead atoms. The van der Waals surface area contributed by atoms with Crippen molar-refractivity contribution in [3.63, 3.8) is 0 Å². The number of carboxylic acids is 1. The highest BCUT2D eigenvalue weighted by Crippen LogP contribution is 2.27. The van der Waals surface area contributed by atoms with Gasteiger partial charge in [-0.3, -0.25) is 0 Å². The van der Waals surface area contributed by atoms with Gasteiger partial charge in [-0.2, -0.15) is 11.8 Å². The highest BCUT2D eigenvalue weighted by molar-refractivity contribution is 9.10. The van der Waals surface area contributed by atoms with Gasteiger partial charge < -0.3 is 10.0 Å². The summed E-state index contributed by atoms with van der Waals surface area (Å²) in [5.41, 5.74) is 0.262. The molecule has 92 valence electrons. The molecule has 0 aromatic carbocycles. The van der Waals surface area contributed by atoms with E-state index in [9.17, 15) is 9.90 Å². The molecule has 1 unspecified atom stereocenters. The summed E-state index contributed by atoms with van der Waals surface area (Å²) in [6, 6.07) is 1.93. The van der Waals surface area contributed by atoms with Gasteiger partial charge in [0.25, 0.3) is 0 Å². The average Bonchev–Trinajstić information content (AvgIpc) is 2.30. The lowest BCUT2D eigenvalue weighted by Crippen LogP contribution is -2.41. The number of hydrogen-bond donors (Lipinski definition) is 1. The van der Waals surface area contributed by atoms with E-state index in [0.717, 1.165) is 18.1 Å². The first-order chi connectivity index (χ1) is 8.09. The molecule has 0 radical (unpaired) electrons. The average molecular weight is 317 g/mol. The van der Waals surface area contributed by atoms with Gasteiger partial charge in [-0.05, 0) is 28.9 Å². The summed E-state index contributed by atoms with van der Waals surface area (Å²) in [4.78, 5) is 17.6. The number of anilines is 1. The highest BCUT2D eigenvalue weighted by atomic mass is 79.9. The van der Waals surface area contributed by atoms with Crippen LogP contribution in [-0.2, 0) is 0 Å². The molecule has 1 fully saturated rings. The summed E-state index contributed by atoms with van der Waals surface area (Å²) < 4.78 is 0.692. The van der Waals surface area contributed by atoms with E-state index >= 15 is 0 Å². The molecule has 0 amide bonds. The van der Waals surface area contributed by atoms with Crippen molar-refractivity contribution in [1.82, 2.24) is 4.98 Å². The van der Waals surface area contributed by atoms with E-state index in [1.54, 1.807) is 12.3 Å². The smallest absolute Gasteiger partial charge is 0.339 e. The van der Waals surface area contributed by atoms with Crippen molar-refractivity contribution in [3.8, 4) is 0 Å². The number of rotatable bonds is 2. The Labute approximate surface area is 113 Å². The van der Waals surface area contributed by atoms with E-state index in [4.69, 9.17) is 0 Å². The van der Waals surface area contributed by atoms with Gasteiger partial charge in [-0.15, -0.1) is 0 Å². The Balaban J connectivity index is 2.39. The summed E-state index contributed by atoms with van der Waals surface area (Å²) in [5, 5.41) is 9.21. The molecule has 1 atom stereocenters. The number of halogens is 1. The number of carboxylic acid groups (broad SMARTS) is 1. The van der Waals surface area contributed by atoms with Gasteiger partial charge in [0.2, 0.25) is 0 Å². The van der Waals surface area contributed by atoms with Crippen molar-refractivity contribution in [2.24, 2.45) is 0 Å². The van der Waals surface area contributed by atoms with Gasteiger partial charge >= 0.3 is 5.97 Å². The molecular formula is C11H13BrN2O2S. The van der Waals surface area contributed by atoms with Crippen LogP contribution in [0.1, 0.15) is 17.3 Å². The van der Waals surface area contributed by atoms with E-state index in [1.807, 2.05) is 11.8 Å². The largest absolute Gasteiger partial charge is 0.478 e. The van der Waals surface area contributed by atoms with E-state index in [1.165, 1.54) is 0 Å². The topological polar surface area (TPSA) is 53.4 Å². The predicted octanol–water partition coefficient (Wildman–Crippen LogP) is 2.48. The van der Waals surface area contributed by atoms with Crippen LogP contribution in [0.2, 0.25) is 0 Å². The van der Waals surface area contributed by atoms with Crippen LogP contribution in [0.15, 0.2) is 16.7 Å². The number of carbonyl (C=O) groups is 1. The minimum absolute atomic E-state index is 0.262. The van der Waals surface area contributed by atoms with Crippen LogP contribution >= 0.6 is 27.7 Å². The fraction of sp³-hybridized carbons (Fsp3) is 0.455. The second-order valence-corrected chi connectivity index (χ2v) is 6.01. The van der Waals surface area contributed by atoms with Crippen LogP contribution in [0, 0.1) is 0 Å². The Bertz CT molecular complexity index is 441. The van der Waals surface area contributed by atoms with Gasteiger partial charge in [0.1, 0.15) is 11.4 Å². The standard InChI is InChI=1S/C11H13BrN2O2S/c1-7-6-17-3-2-14(7)10-9(11(15)16)4-8(12)5-13-10/h4-5,7H,2-3,6H2,1H3,(H,15,16). The summed E-state index contributed by atoms with van der Waals surface area (Å²) >= 11 is 5.15. The van der Waals surface area contributed by atoms with Crippen LogP contribution in [0.3, 0.4) is 0 Å². The number of aromatic nitrogens is 1. The quantitative estimate of drug-likeness (QED) is 0.908. The Morgan fingerprint density at radius 3 is 3.12 bits per heavy atom. The number of nitrogens with zero attached hydrogens (tertiary/aromatic N) is 2. The predicted molar refractivity (Wildman–Crippen MR) is 73.0 cm³/mol. The van der Waals surface area contributed by atoms with E-state index in [2.05, 4.69) is 32.7 Å². The maximum atomic E-state index is 11.2. The third kappa shape index (κ3) is 2.74. The molecule has 1 aromatic heterocycles. The van der Waals surface area contributed by atoms with E-state index < -0.39 is 5.97 Å².